The third-order valence-electron chi connectivity index (χ3n) is 8.78. The fraction of sp³-hybridized carbons (Fsp3) is 0.704. The van der Waals surface area contributed by atoms with Crippen LogP contribution in [0.2, 0.25) is 5.15 Å². The van der Waals surface area contributed by atoms with Crippen molar-refractivity contribution in [2.24, 2.45) is 0 Å². The van der Waals surface area contributed by atoms with Crippen LogP contribution in [-0.2, 0) is 14.6 Å². The molecule has 4 aliphatic heterocycles. The van der Waals surface area contributed by atoms with Gasteiger partial charge in [0.1, 0.15) is 34.6 Å². The Morgan fingerprint density at radius 3 is 2.64 bits per heavy atom. The molecule has 42 heavy (non-hydrogen) atoms. The van der Waals surface area contributed by atoms with E-state index in [2.05, 4.69) is 15.0 Å². The molecule has 2 aromatic rings. The molecule has 230 valence electrons. The highest BCUT2D eigenvalue weighted by molar-refractivity contribution is 7.91. The van der Waals surface area contributed by atoms with Gasteiger partial charge in [-0.05, 0) is 60.4 Å². The quantitative estimate of drug-likeness (QED) is 0.367. The number of halogens is 3. The van der Waals surface area contributed by atoms with E-state index >= 15 is 4.39 Å². The van der Waals surface area contributed by atoms with E-state index in [1.165, 1.54) is 0 Å². The summed E-state index contributed by atoms with van der Waals surface area (Å²) in [5.74, 6) is -1.25. The van der Waals surface area contributed by atoms with Crippen LogP contribution < -0.4 is 9.64 Å². The SMILES string of the molecule is CC1Oc2nc(Cl)c(F)c3nc(S(=O)(=O)C[C@@]45CCCN4C[C@H](F)C5)nc(c23)N2CCN(C(=O)OC(C)(C)C)C(C)C12. The van der Waals surface area contributed by atoms with Crippen molar-refractivity contribution in [3.8, 4) is 5.88 Å². The number of nitrogens with zero attached hydrogens (tertiary/aromatic N) is 6. The summed E-state index contributed by atoms with van der Waals surface area (Å²) in [6.45, 7) is 10.3. The molecule has 0 N–H and O–H groups in total. The van der Waals surface area contributed by atoms with Crippen molar-refractivity contribution < 1.29 is 31.5 Å². The van der Waals surface area contributed by atoms with Gasteiger partial charge in [0.2, 0.25) is 20.9 Å². The van der Waals surface area contributed by atoms with Crippen LogP contribution >= 0.6 is 11.6 Å². The van der Waals surface area contributed by atoms with Crippen molar-refractivity contribution in [2.45, 2.75) is 94.5 Å². The Morgan fingerprint density at radius 1 is 1.19 bits per heavy atom. The molecule has 1 amide bonds. The van der Waals surface area contributed by atoms with Gasteiger partial charge in [-0.15, -0.1) is 0 Å². The number of anilines is 1. The number of aromatic nitrogens is 3. The van der Waals surface area contributed by atoms with Crippen molar-refractivity contribution in [2.75, 3.05) is 36.8 Å². The van der Waals surface area contributed by atoms with Gasteiger partial charge in [-0.2, -0.15) is 4.98 Å². The van der Waals surface area contributed by atoms with E-state index in [4.69, 9.17) is 21.1 Å². The molecule has 4 aliphatic rings. The summed E-state index contributed by atoms with van der Waals surface area (Å²) in [4.78, 5) is 31.2. The zero-order valence-corrected chi connectivity index (χ0v) is 25.8. The molecule has 0 aliphatic carbocycles. The predicted octanol–water partition coefficient (Wildman–Crippen LogP) is 3.76. The van der Waals surface area contributed by atoms with E-state index < -0.39 is 67.6 Å². The van der Waals surface area contributed by atoms with Crippen molar-refractivity contribution in [1.29, 1.82) is 0 Å². The summed E-state index contributed by atoms with van der Waals surface area (Å²) >= 11 is 6.14. The second-order valence-electron chi connectivity index (χ2n) is 12.8. The zero-order chi connectivity index (χ0) is 30.4. The molecule has 6 heterocycles. The van der Waals surface area contributed by atoms with Gasteiger partial charge in [0.25, 0.3) is 0 Å². The Kier molecular flexibility index (Phi) is 7.01. The van der Waals surface area contributed by atoms with Crippen molar-refractivity contribution in [1.82, 2.24) is 24.8 Å². The van der Waals surface area contributed by atoms with Gasteiger partial charge >= 0.3 is 6.09 Å². The molecule has 0 bridgehead atoms. The number of hydrogen-bond donors (Lipinski definition) is 0. The Labute approximate surface area is 248 Å². The number of carbonyl (C=O) groups is 1. The number of fused-ring (bicyclic) bond motifs is 3. The molecule has 0 radical (unpaired) electrons. The lowest BCUT2D eigenvalue weighted by Crippen LogP contribution is -2.64. The first-order valence-electron chi connectivity index (χ1n) is 14.2. The third-order valence-corrected chi connectivity index (χ3v) is 10.7. The number of rotatable bonds is 3. The van der Waals surface area contributed by atoms with E-state index in [9.17, 15) is 17.6 Å². The molecule has 3 saturated heterocycles. The van der Waals surface area contributed by atoms with Gasteiger partial charge in [0, 0.05) is 25.2 Å². The van der Waals surface area contributed by atoms with Crippen molar-refractivity contribution in [3.63, 3.8) is 0 Å². The van der Waals surface area contributed by atoms with Crippen LogP contribution in [0.15, 0.2) is 5.16 Å². The summed E-state index contributed by atoms with van der Waals surface area (Å²) in [5, 5.41) is -0.970. The number of hydrogen-bond acceptors (Lipinski definition) is 10. The van der Waals surface area contributed by atoms with Crippen LogP contribution in [-0.4, -0.2) is 107 Å². The molecule has 0 saturated carbocycles. The Morgan fingerprint density at radius 2 is 1.93 bits per heavy atom. The Balaban J connectivity index is 1.45. The number of sulfone groups is 1. The lowest BCUT2D eigenvalue weighted by molar-refractivity contribution is 0.00451. The highest BCUT2D eigenvalue weighted by atomic mass is 35.5. The minimum absolute atomic E-state index is 0.0232. The second kappa shape index (κ2) is 9.98. The standard InChI is InChI=1S/C27H35ClF2N6O5S/c1-14-20-15(2)40-23-17-19(18(30)21(28)32-23)31-24(42(38,39)13-27-7-6-8-34(27)12-16(29)11-27)33-22(17)36(20)10-9-35(14)25(37)41-26(3,4)5/h14-16,20H,6-13H2,1-5H3/t14?,15?,16-,20?,27+/m1/s1. The maximum absolute atomic E-state index is 15.5. The monoisotopic (exact) mass is 628 g/mol. The molecular formula is C27H35ClF2N6O5S. The maximum atomic E-state index is 15.5. The molecule has 0 spiro atoms. The van der Waals surface area contributed by atoms with E-state index in [0.717, 1.165) is 6.42 Å². The first kappa shape index (κ1) is 29.5. The number of pyridine rings is 1. The third kappa shape index (κ3) is 4.83. The average Bonchev–Trinajstić information content (AvgIpc) is 3.34. The minimum Gasteiger partial charge on any atom is -0.472 e. The number of amides is 1. The number of piperazine rings is 1. The summed E-state index contributed by atoms with van der Waals surface area (Å²) in [6.07, 6.45) is -0.785. The Bertz CT molecular complexity index is 1560. The molecular weight excluding hydrogens is 594 g/mol. The lowest BCUT2D eigenvalue weighted by atomic mass is 9.96. The second-order valence-corrected chi connectivity index (χ2v) is 15.1. The molecule has 15 heteroatoms. The lowest BCUT2D eigenvalue weighted by Gasteiger charge is -2.47. The fourth-order valence-electron chi connectivity index (χ4n) is 7.11. The smallest absolute Gasteiger partial charge is 0.410 e. The fourth-order valence-corrected chi connectivity index (χ4v) is 9.01. The van der Waals surface area contributed by atoms with Gasteiger partial charge < -0.3 is 19.3 Å². The summed E-state index contributed by atoms with van der Waals surface area (Å²) in [5.41, 5.74) is -1.87. The molecule has 2 aromatic heterocycles. The maximum Gasteiger partial charge on any atom is 0.410 e. The molecule has 11 nitrogen and oxygen atoms in total. The first-order chi connectivity index (χ1) is 19.6. The van der Waals surface area contributed by atoms with E-state index in [1.807, 2.05) is 16.7 Å². The molecule has 3 fully saturated rings. The predicted molar refractivity (Wildman–Crippen MR) is 151 cm³/mol. The van der Waals surface area contributed by atoms with Crippen LogP contribution in [0.1, 0.15) is 53.9 Å². The van der Waals surface area contributed by atoms with E-state index in [1.54, 1.807) is 32.6 Å². The van der Waals surface area contributed by atoms with Crippen molar-refractivity contribution in [3.05, 3.63) is 11.0 Å². The van der Waals surface area contributed by atoms with Gasteiger partial charge in [-0.3, -0.25) is 4.90 Å². The first-order valence-corrected chi connectivity index (χ1v) is 16.2. The number of carbonyl (C=O) groups excluding carboxylic acids is 1. The normalized spacial score (nSPS) is 29.7. The molecule has 6 rings (SSSR count). The topological polar surface area (TPSA) is 118 Å². The molecule has 3 unspecified atom stereocenters. The van der Waals surface area contributed by atoms with E-state index in [0.29, 0.717) is 13.0 Å². The number of alkyl halides is 1. The van der Waals surface area contributed by atoms with E-state index in [-0.39, 0.29) is 54.4 Å². The van der Waals surface area contributed by atoms with Crippen LogP contribution in [0.3, 0.4) is 0 Å². The largest absolute Gasteiger partial charge is 0.472 e. The summed E-state index contributed by atoms with van der Waals surface area (Å²) < 4.78 is 69.6. The van der Waals surface area contributed by atoms with Gasteiger partial charge in [0.15, 0.2) is 11.0 Å². The van der Waals surface area contributed by atoms with Crippen LogP contribution in [0, 0.1) is 5.82 Å². The highest BCUT2D eigenvalue weighted by Crippen LogP contribution is 2.44. The molecule has 0 aromatic carbocycles. The Hall–Kier alpha value is -2.58. The van der Waals surface area contributed by atoms with Crippen LogP contribution in [0.5, 0.6) is 5.88 Å². The molecule has 5 atom stereocenters. The van der Waals surface area contributed by atoms with Crippen LogP contribution in [0.25, 0.3) is 10.9 Å². The summed E-state index contributed by atoms with van der Waals surface area (Å²) in [7, 11) is -4.21. The average molecular weight is 629 g/mol. The van der Waals surface area contributed by atoms with Gasteiger partial charge in [0.05, 0.1) is 17.8 Å². The summed E-state index contributed by atoms with van der Waals surface area (Å²) in [6, 6.07) is -0.990. The zero-order valence-electron chi connectivity index (χ0n) is 24.2. The minimum atomic E-state index is -4.21. The highest BCUT2D eigenvalue weighted by Gasteiger charge is 2.52. The van der Waals surface area contributed by atoms with Gasteiger partial charge in [-0.25, -0.2) is 32.0 Å². The van der Waals surface area contributed by atoms with Gasteiger partial charge in [-0.1, -0.05) is 11.6 Å². The van der Waals surface area contributed by atoms with Crippen molar-refractivity contribution >= 4 is 44.3 Å². The van der Waals surface area contributed by atoms with Crippen LogP contribution in [0.4, 0.5) is 19.4 Å². The number of ether oxygens (including phenoxy) is 2.